The molecule has 0 radical (unpaired) electrons. The molecular weight excluding hydrogens is 574 g/mol. The Labute approximate surface area is 228 Å². The topological polar surface area (TPSA) is 96.0 Å². The van der Waals surface area contributed by atoms with Crippen molar-refractivity contribution in [1.82, 2.24) is 4.98 Å². The maximum atomic E-state index is 13.1. The lowest BCUT2D eigenvalue weighted by Gasteiger charge is -2.10. The minimum Gasteiger partial charge on any atom is -0.422 e. The van der Waals surface area contributed by atoms with E-state index in [2.05, 4.69) is 32.3 Å². The van der Waals surface area contributed by atoms with Crippen molar-refractivity contribution in [3.05, 3.63) is 120 Å². The van der Waals surface area contributed by atoms with Crippen LogP contribution in [-0.2, 0) is 0 Å². The molecule has 2 aromatic heterocycles. The zero-order chi connectivity index (χ0) is 25.9. The summed E-state index contributed by atoms with van der Waals surface area (Å²) in [6, 6.07) is 23.0. The first kappa shape index (κ1) is 24.7. The second-order valence-corrected chi connectivity index (χ2v) is 10.1. The van der Waals surface area contributed by atoms with Gasteiger partial charge in [-0.25, -0.2) is 9.78 Å². The molecule has 0 aliphatic rings. The first-order chi connectivity index (χ1) is 17.9. The number of hydrogen-bond acceptors (Lipinski definition) is 7. The molecule has 0 unspecified atom stereocenters. The number of hydrogen-bond donors (Lipinski definition) is 1. The van der Waals surface area contributed by atoms with Crippen LogP contribution in [0, 0.1) is 11.3 Å². The van der Waals surface area contributed by atoms with Crippen molar-refractivity contribution >= 4 is 66.9 Å². The summed E-state index contributed by atoms with van der Waals surface area (Å²) in [5.74, 6) is -0.205. The van der Waals surface area contributed by atoms with E-state index in [9.17, 15) is 14.9 Å². The molecule has 5 rings (SSSR count). The van der Waals surface area contributed by atoms with Gasteiger partial charge in [0.1, 0.15) is 22.2 Å². The third-order valence-corrected chi connectivity index (χ3v) is 7.06. The normalized spacial score (nSPS) is 11.3. The first-order valence-corrected chi connectivity index (χ1v) is 12.9. The quantitative estimate of drug-likeness (QED) is 0.125. The Morgan fingerprint density at radius 3 is 2.70 bits per heavy atom. The van der Waals surface area contributed by atoms with Gasteiger partial charge in [0, 0.05) is 43.3 Å². The molecule has 0 bridgehead atoms. The van der Waals surface area contributed by atoms with Gasteiger partial charge >= 0.3 is 5.63 Å². The molecule has 1 N–H and O–H groups in total. The highest BCUT2D eigenvalue weighted by Gasteiger charge is 2.16. The number of thiazole rings is 1. The van der Waals surface area contributed by atoms with Crippen LogP contribution in [0.2, 0.25) is 5.02 Å². The predicted octanol–water partition coefficient (Wildman–Crippen LogP) is 7.54. The Morgan fingerprint density at radius 2 is 1.92 bits per heavy atom. The van der Waals surface area contributed by atoms with Gasteiger partial charge in [0.05, 0.1) is 11.3 Å². The minimum absolute atomic E-state index is 0.205. The van der Waals surface area contributed by atoms with E-state index in [1.54, 1.807) is 66.0 Å². The zero-order valence-corrected chi connectivity index (χ0v) is 22.0. The van der Waals surface area contributed by atoms with Crippen LogP contribution in [0.4, 0.5) is 5.69 Å². The molecule has 0 atom stereocenters. The molecule has 0 saturated carbocycles. The van der Waals surface area contributed by atoms with Crippen LogP contribution < -0.4 is 10.9 Å². The van der Waals surface area contributed by atoms with Crippen LogP contribution in [0.25, 0.3) is 27.8 Å². The summed E-state index contributed by atoms with van der Waals surface area (Å²) in [5.41, 5.74) is 2.27. The van der Waals surface area contributed by atoms with Gasteiger partial charge in [0.2, 0.25) is 0 Å². The minimum atomic E-state index is -0.516. The van der Waals surface area contributed by atoms with Crippen molar-refractivity contribution in [3.63, 3.8) is 0 Å². The van der Waals surface area contributed by atoms with Crippen molar-refractivity contribution in [2.45, 2.75) is 0 Å². The fourth-order valence-corrected chi connectivity index (χ4v) is 5.00. The molecular formula is C28H15BrClN3O3S. The lowest BCUT2D eigenvalue weighted by molar-refractivity contribution is 0.103. The highest BCUT2D eigenvalue weighted by Crippen LogP contribution is 2.29. The fraction of sp³-hybridized carbons (Fsp3) is 0. The molecule has 3 aromatic carbocycles. The van der Waals surface area contributed by atoms with E-state index in [4.69, 9.17) is 16.0 Å². The number of halogens is 2. The van der Waals surface area contributed by atoms with Crippen molar-refractivity contribution in [2.75, 3.05) is 5.32 Å². The first-order valence-electron chi connectivity index (χ1n) is 10.9. The van der Waals surface area contributed by atoms with E-state index in [1.807, 2.05) is 12.1 Å². The summed E-state index contributed by atoms with van der Waals surface area (Å²) < 4.78 is 6.29. The standard InChI is InChI=1S/C28H15BrClN3O3S/c29-19-6-9-25-17(10-19)11-22(28(35)36-25)24-15-37-27(33-24)18(13-31)14-32-23-8-7-20(30)12-21(23)26(34)16-4-2-1-3-5-16/h1-12,14-15,32H. The van der Waals surface area contributed by atoms with Crippen LogP contribution in [0.15, 0.2) is 98.1 Å². The molecule has 0 aliphatic heterocycles. The van der Waals surface area contributed by atoms with E-state index in [-0.39, 0.29) is 11.4 Å². The smallest absolute Gasteiger partial charge is 0.345 e. The monoisotopic (exact) mass is 587 g/mol. The van der Waals surface area contributed by atoms with Gasteiger partial charge in [-0.3, -0.25) is 4.79 Å². The molecule has 37 heavy (non-hydrogen) atoms. The van der Waals surface area contributed by atoms with E-state index < -0.39 is 5.63 Å². The van der Waals surface area contributed by atoms with Crippen LogP contribution in [-0.4, -0.2) is 10.8 Å². The van der Waals surface area contributed by atoms with Gasteiger partial charge in [-0.2, -0.15) is 5.26 Å². The van der Waals surface area contributed by atoms with Gasteiger partial charge < -0.3 is 9.73 Å². The summed E-state index contributed by atoms with van der Waals surface area (Å²) in [6.07, 6.45) is 1.48. The lowest BCUT2D eigenvalue weighted by atomic mass is 10.0. The summed E-state index contributed by atoms with van der Waals surface area (Å²) >= 11 is 10.8. The highest BCUT2D eigenvalue weighted by molar-refractivity contribution is 9.10. The molecule has 9 heteroatoms. The zero-order valence-electron chi connectivity index (χ0n) is 18.9. The van der Waals surface area contributed by atoms with E-state index >= 15 is 0 Å². The van der Waals surface area contributed by atoms with E-state index in [0.717, 1.165) is 9.86 Å². The number of anilines is 1. The number of nitrogens with one attached hydrogen (secondary N) is 1. The number of aromatic nitrogens is 1. The second kappa shape index (κ2) is 10.5. The van der Waals surface area contributed by atoms with Gasteiger partial charge in [0.15, 0.2) is 5.78 Å². The summed E-state index contributed by atoms with van der Waals surface area (Å²) in [7, 11) is 0. The van der Waals surface area contributed by atoms with Crippen LogP contribution in [0.1, 0.15) is 20.9 Å². The van der Waals surface area contributed by atoms with Crippen LogP contribution in [0.3, 0.4) is 0 Å². The highest BCUT2D eigenvalue weighted by atomic mass is 79.9. The van der Waals surface area contributed by atoms with Gasteiger partial charge in [0.25, 0.3) is 0 Å². The summed E-state index contributed by atoms with van der Waals surface area (Å²) in [5, 5.41) is 16.1. The molecule has 2 heterocycles. The maximum Gasteiger partial charge on any atom is 0.345 e. The van der Waals surface area contributed by atoms with Gasteiger partial charge in [-0.15, -0.1) is 11.3 Å². The Kier molecular flexibility index (Phi) is 7.01. The molecule has 5 aromatic rings. The number of allylic oxidation sites excluding steroid dienone is 1. The average molecular weight is 589 g/mol. The lowest BCUT2D eigenvalue weighted by Crippen LogP contribution is -2.05. The Bertz CT molecular complexity index is 1790. The third kappa shape index (κ3) is 5.25. The van der Waals surface area contributed by atoms with Crippen molar-refractivity contribution in [3.8, 4) is 17.3 Å². The number of benzene rings is 3. The molecule has 0 fully saturated rings. The number of ketones is 1. The molecule has 0 saturated heterocycles. The molecule has 6 nitrogen and oxygen atoms in total. The van der Waals surface area contributed by atoms with Gasteiger partial charge in [-0.1, -0.05) is 57.9 Å². The molecule has 0 spiro atoms. The molecule has 180 valence electrons. The maximum absolute atomic E-state index is 13.1. The predicted molar refractivity (Wildman–Crippen MR) is 150 cm³/mol. The van der Waals surface area contributed by atoms with E-state index in [1.165, 1.54) is 17.5 Å². The van der Waals surface area contributed by atoms with Crippen LogP contribution in [0.5, 0.6) is 0 Å². The largest absolute Gasteiger partial charge is 0.422 e. The fourth-order valence-electron chi connectivity index (χ4n) is 3.66. The van der Waals surface area contributed by atoms with Crippen LogP contribution >= 0.6 is 38.9 Å². The summed E-state index contributed by atoms with van der Waals surface area (Å²) in [6.45, 7) is 0. The Hall–Kier alpha value is -4.03. The average Bonchev–Trinajstić information content (AvgIpc) is 3.39. The Balaban J connectivity index is 1.46. The molecule has 0 aliphatic carbocycles. The second-order valence-electron chi connectivity index (χ2n) is 7.87. The number of rotatable bonds is 6. The van der Waals surface area contributed by atoms with Crippen molar-refractivity contribution in [1.29, 1.82) is 5.26 Å². The number of carbonyl (C=O) groups excluding carboxylic acids is 1. The summed E-state index contributed by atoms with van der Waals surface area (Å²) in [4.78, 5) is 30.2. The third-order valence-electron chi connectivity index (χ3n) is 5.46. The number of carbonyl (C=O) groups is 1. The number of nitriles is 1. The Morgan fingerprint density at radius 1 is 1.11 bits per heavy atom. The van der Waals surface area contributed by atoms with Gasteiger partial charge in [-0.05, 0) is 42.5 Å². The van der Waals surface area contributed by atoms with Crippen molar-refractivity contribution < 1.29 is 9.21 Å². The van der Waals surface area contributed by atoms with E-state index in [0.29, 0.717) is 43.7 Å². The van der Waals surface area contributed by atoms with Crippen molar-refractivity contribution in [2.24, 2.45) is 0 Å². The number of fused-ring (bicyclic) bond motifs is 1. The molecule has 0 amide bonds. The SMILES string of the molecule is N#CC(=CNc1ccc(Cl)cc1C(=O)c1ccccc1)c1nc(-c2cc3cc(Br)ccc3oc2=O)cs1. The number of nitrogens with zero attached hydrogens (tertiary/aromatic N) is 2.